The van der Waals surface area contributed by atoms with E-state index in [9.17, 15) is 21.2 Å². The molecule has 1 aromatic rings. The van der Waals surface area contributed by atoms with Gasteiger partial charge in [-0.15, -0.1) is 0 Å². The number of benzene rings is 1. The van der Waals surface area contributed by atoms with Crippen molar-refractivity contribution in [3.8, 4) is 0 Å². The summed E-state index contributed by atoms with van der Waals surface area (Å²) in [5.41, 5.74) is 0.248. The summed E-state index contributed by atoms with van der Waals surface area (Å²) < 4.78 is 59.1. The molecular weight excluding hydrogens is 267 g/mol. The lowest BCUT2D eigenvalue weighted by molar-refractivity contribution is 0.573. The molecule has 0 N–H and O–H groups in total. The third-order valence-electron chi connectivity index (χ3n) is 2.31. The molecule has 1 aliphatic heterocycles. The third kappa shape index (κ3) is 2.25. The van der Waals surface area contributed by atoms with Crippen LogP contribution in [0.5, 0.6) is 0 Å². The maximum Gasteiger partial charge on any atom is 0.203 e. The normalized spacial score (nSPS) is 17.6. The smallest absolute Gasteiger partial charge is 0.203 e. The van der Waals surface area contributed by atoms with E-state index in [0.29, 0.717) is 0 Å². The van der Waals surface area contributed by atoms with E-state index in [1.54, 1.807) is 0 Å². The van der Waals surface area contributed by atoms with Crippen molar-refractivity contribution in [2.45, 2.75) is 4.90 Å². The van der Waals surface area contributed by atoms with E-state index >= 15 is 0 Å². The SMILES string of the molecule is CS(=O)(=O)CC1=CS(=O)(=O)c2c(F)cccc21. The van der Waals surface area contributed by atoms with Crippen molar-refractivity contribution in [2.24, 2.45) is 0 Å². The first kappa shape index (κ1) is 12.3. The highest BCUT2D eigenvalue weighted by Gasteiger charge is 2.31. The van der Waals surface area contributed by atoms with Gasteiger partial charge in [0.2, 0.25) is 9.84 Å². The molecule has 1 aliphatic rings. The average molecular weight is 276 g/mol. The monoisotopic (exact) mass is 276 g/mol. The Bertz CT molecular complexity index is 715. The first-order valence-electron chi connectivity index (χ1n) is 4.63. The van der Waals surface area contributed by atoms with E-state index in [1.807, 2.05) is 0 Å². The number of hydrogen-bond donors (Lipinski definition) is 0. The van der Waals surface area contributed by atoms with Gasteiger partial charge < -0.3 is 0 Å². The lowest BCUT2D eigenvalue weighted by Gasteiger charge is -2.03. The summed E-state index contributed by atoms with van der Waals surface area (Å²) in [5, 5.41) is 0.821. The molecule has 1 aromatic carbocycles. The first-order valence-corrected chi connectivity index (χ1v) is 8.24. The maximum atomic E-state index is 13.4. The number of sulfone groups is 2. The minimum Gasteiger partial charge on any atom is -0.229 e. The summed E-state index contributed by atoms with van der Waals surface area (Å²) in [5.74, 6) is -1.27. The third-order valence-corrected chi connectivity index (χ3v) is 4.73. The lowest BCUT2D eigenvalue weighted by Crippen LogP contribution is -2.04. The Morgan fingerprint density at radius 3 is 2.53 bits per heavy atom. The van der Waals surface area contributed by atoms with E-state index in [-0.39, 0.29) is 11.1 Å². The highest BCUT2D eigenvalue weighted by molar-refractivity contribution is 7.95. The number of fused-ring (bicyclic) bond motifs is 1. The minimum absolute atomic E-state index is 0.113. The van der Waals surface area contributed by atoms with Gasteiger partial charge in [-0.25, -0.2) is 21.2 Å². The fourth-order valence-corrected chi connectivity index (χ4v) is 4.21. The lowest BCUT2D eigenvalue weighted by atomic mass is 10.1. The van der Waals surface area contributed by atoms with Crippen LogP contribution in [0.15, 0.2) is 28.5 Å². The number of halogens is 1. The van der Waals surface area contributed by atoms with Crippen LogP contribution in [-0.4, -0.2) is 28.8 Å². The zero-order chi connectivity index (χ0) is 12.8. The van der Waals surface area contributed by atoms with Gasteiger partial charge in [0.1, 0.15) is 10.7 Å². The second-order valence-electron chi connectivity index (χ2n) is 3.87. The molecular formula is C10H9FO4S2. The Morgan fingerprint density at radius 2 is 1.94 bits per heavy atom. The number of hydrogen-bond acceptors (Lipinski definition) is 4. The first-order chi connectivity index (χ1) is 7.71. The van der Waals surface area contributed by atoms with Gasteiger partial charge in [0.25, 0.3) is 0 Å². The Kier molecular flexibility index (Phi) is 2.62. The van der Waals surface area contributed by atoms with Crippen molar-refractivity contribution in [1.82, 2.24) is 0 Å². The second kappa shape index (κ2) is 3.64. The van der Waals surface area contributed by atoms with Gasteiger partial charge in [0.15, 0.2) is 9.84 Å². The van der Waals surface area contributed by atoms with Gasteiger partial charge in [-0.3, -0.25) is 0 Å². The van der Waals surface area contributed by atoms with E-state index in [4.69, 9.17) is 0 Å². The molecule has 0 fully saturated rings. The van der Waals surface area contributed by atoms with Crippen LogP contribution in [0.4, 0.5) is 4.39 Å². The van der Waals surface area contributed by atoms with Crippen molar-refractivity contribution < 1.29 is 21.2 Å². The summed E-state index contributed by atoms with van der Waals surface area (Å²) in [6, 6.07) is 3.79. The van der Waals surface area contributed by atoms with Gasteiger partial charge in [-0.1, -0.05) is 12.1 Å². The molecule has 2 rings (SSSR count). The second-order valence-corrected chi connectivity index (χ2v) is 7.75. The predicted octanol–water partition coefficient (Wildman–Crippen LogP) is 0.999. The van der Waals surface area contributed by atoms with E-state index in [1.165, 1.54) is 12.1 Å². The molecule has 0 saturated heterocycles. The molecule has 0 saturated carbocycles. The van der Waals surface area contributed by atoms with Crippen molar-refractivity contribution in [3.05, 3.63) is 35.0 Å². The fourth-order valence-electron chi connectivity index (χ4n) is 1.75. The van der Waals surface area contributed by atoms with Gasteiger partial charge in [0, 0.05) is 17.2 Å². The molecule has 0 spiro atoms. The standard InChI is InChI=1S/C10H9FO4S2/c1-16(12,13)5-7-6-17(14,15)10-8(7)3-2-4-9(10)11/h2-4,6H,5H2,1H3. The van der Waals surface area contributed by atoms with Gasteiger partial charge in [0.05, 0.1) is 5.75 Å². The maximum absolute atomic E-state index is 13.4. The Morgan fingerprint density at radius 1 is 1.29 bits per heavy atom. The number of rotatable bonds is 2. The Balaban J connectivity index is 2.67. The molecule has 1 heterocycles. The topological polar surface area (TPSA) is 68.3 Å². The zero-order valence-corrected chi connectivity index (χ0v) is 10.5. The van der Waals surface area contributed by atoms with Gasteiger partial charge in [-0.2, -0.15) is 0 Å². The van der Waals surface area contributed by atoms with E-state index < -0.39 is 36.1 Å². The minimum atomic E-state index is -3.86. The molecule has 0 radical (unpaired) electrons. The average Bonchev–Trinajstić information content (AvgIpc) is 2.36. The van der Waals surface area contributed by atoms with Crippen LogP contribution < -0.4 is 0 Å². The van der Waals surface area contributed by atoms with Crippen LogP contribution in [0, 0.1) is 5.82 Å². The summed E-state index contributed by atoms with van der Waals surface area (Å²) >= 11 is 0. The van der Waals surface area contributed by atoms with E-state index in [0.717, 1.165) is 17.7 Å². The summed E-state index contributed by atoms with van der Waals surface area (Å²) in [6.07, 6.45) is 0.998. The molecule has 17 heavy (non-hydrogen) atoms. The van der Waals surface area contributed by atoms with Crippen molar-refractivity contribution in [3.63, 3.8) is 0 Å². The molecule has 0 amide bonds. The van der Waals surface area contributed by atoms with Crippen molar-refractivity contribution in [1.29, 1.82) is 0 Å². The fraction of sp³-hybridized carbons (Fsp3) is 0.200. The van der Waals surface area contributed by atoms with E-state index in [2.05, 4.69) is 0 Å². The summed E-state index contributed by atoms with van der Waals surface area (Å²) in [6.45, 7) is 0. The van der Waals surface area contributed by atoms with Crippen molar-refractivity contribution >= 4 is 25.2 Å². The van der Waals surface area contributed by atoms with Crippen LogP contribution in [0.2, 0.25) is 0 Å². The molecule has 0 unspecified atom stereocenters. The highest BCUT2D eigenvalue weighted by Crippen LogP contribution is 2.35. The van der Waals surface area contributed by atoms with Crippen LogP contribution in [-0.2, 0) is 19.7 Å². The molecule has 0 bridgehead atoms. The zero-order valence-electron chi connectivity index (χ0n) is 8.84. The van der Waals surface area contributed by atoms with Crippen LogP contribution in [0.3, 0.4) is 0 Å². The predicted molar refractivity (Wildman–Crippen MR) is 61.3 cm³/mol. The molecule has 0 aromatic heterocycles. The van der Waals surface area contributed by atoms with Crippen LogP contribution in [0.1, 0.15) is 5.56 Å². The molecule has 4 nitrogen and oxygen atoms in total. The molecule has 92 valence electrons. The quantitative estimate of drug-likeness (QED) is 0.808. The molecule has 0 atom stereocenters. The molecule has 7 heteroatoms. The summed E-state index contributed by atoms with van der Waals surface area (Å²) in [7, 11) is -7.23. The Hall–Kier alpha value is -1.21. The van der Waals surface area contributed by atoms with Gasteiger partial charge >= 0.3 is 0 Å². The highest BCUT2D eigenvalue weighted by atomic mass is 32.2. The van der Waals surface area contributed by atoms with Crippen LogP contribution in [0.25, 0.3) is 5.57 Å². The Labute approximate surface area is 98.6 Å². The van der Waals surface area contributed by atoms with Crippen molar-refractivity contribution in [2.75, 3.05) is 12.0 Å². The largest absolute Gasteiger partial charge is 0.229 e. The summed E-state index contributed by atoms with van der Waals surface area (Å²) in [4.78, 5) is -0.432. The van der Waals surface area contributed by atoms with Gasteiger partial charge in [-0.05, 0) is 11.6 Å². The molecule has 0 aliphatic carbocycles. The van der Waals surface area contributed by atoms with Crippen LogP contribution >= 0.6 is 0 Å².